The first-order chi connectivity index (χ1) is 7.43. The molecular formula is C13H22N2O. The number of nitrogens with zero attached hydrogens (tertiary/aromatic N) is 2. The molecule has 1 aromatic heterocycles. The second-order valence-corrected chi connectivity index (χ2v) is 4.72. The average molecular weight is 222 g/mol. The highest BCUT2D eigenvalue weighted by Crippen LogP contribution is 2.20. The first kappa shape index (κ1) is 13.0. The van der Waals surface area contributed by atoms with Gasteiger partial charge in [-0.25, -0.2) is 4.98 Å². The van der Waals surface area contributed by atoms with E-state index in [9.17, 15) is 5.11 Å². The van der Waals surface area contributed by atoms with Crippen molar-refractivity contribution in [2.45, 2.75) is 39.8 Å². The van der Waals surface area contributed by atoms with Crippen LogP contribution in [0.4, 0.5) is 5.82 Å². The van der Waals surface area contributed by atoms with Gasteiger partial charge in [-0.3, -0.25) is 0 Å². The Morgan fingerprint density at radius 2 is 1.88 bits per heavy atom. The highest BCUT2D eigenvalue weighted by Gasteiger charge is 2.15. The topological polar surface area (TPSA) is 36.4 Å². The minimum atomic E-state index is -0.440. The summed E-state index contributed by atoms with van der Waals surface area (Å²) >= 11 is 0. The van der Waals surface area contributed by atoms with Crippen LogP contribution < -0.4 is 4.90 Å². The third kappa shape index (κ3) is 2.95. The summed E-state index contributed by atoms with van der Waals surface area (Å²) in [5.74, 6) is 1.49. The van der Waals surface area contributed by atoms with Crippen molar-refractivity contribution >= 4 is 5.82 Å². The Hall–Kier alpha value is -1.09. The van der Waals surface area contributed by atoms with E-state index in [4.69, 9.17) is 0 Å². The molecule has 16 heavy (non-hydrogen) atoms. The number of aromatic nitrogens is 1. The van der Waals surface area contributed by atoms with Crippen molar-refractivity contribution in [3.8, 4) is 0 Å². The lowest BCUT2D eigenvalue weighted by Gasteiger charge is -2.29. The van der Waals surface area contributed by atoms with Gasteiger partial charge in [0.05, 0.1) is 6.10 Å². The third-order valence-electron chi connectivity index (χ3n) is 3.19. The molecule has 3 nitrogen and oxygen atoms in total. The number of rotatable bonds is 4. The molecule has 0 saturated carbocycles. The molecule has 1 rings (SSSR count). The van der Waals surface area contributed by atoms with Crippen LogP contribution in [0.25, 0.3) is 0 Å². The zero-order chi connectivity index (χ0) is 12.3. The van der Waals surface area contributed by atoms with Gasteiger partial charge in [0.15, 0.2) is 0 Å². The minimum Gasteiger partial charge on any atom is -0.389 e. The van der Waals surface area contributed by atoms with Crippen molar-refractivity contribution in [2.75, 3.05) is 11.9 Å². The molecule has 90 valence electrons. The smallest absolute Gasteiger partial charge is 0.128 e. The molecule has 0 saturated heterocycles. The van der Waals surface area contributed by atoms with Gasteiger partial charge in [0.1, 0.15) is 5.82 Å². The lowest BCUT2D eigenvalue weighted by atomic mass is 10.0. The Bertz CT molecular complexity index is 336. The normalized spacial score (nSPS) is 14.9. The van der Waals surface area contributed by atoms with Gasteiger partial charge in [-0.15, -0.1) is 0 Å². The van der Waals surface area contributed by atoms with Crippen LogP contribution >= 0.6 is 0 Å². The molecule has 2 atom stereocenters. The second-order valence-electron chi connectivity index (χ2n) is 4.72. The van der Waals surface area contributed by atoms with Crippen LogP contribution in [-0.4, -0.2) is 23.2 Å². The van der Waals surface area contributed by atoms with E-state index in [1.807, 2.05) is 19.2 Å². The predicted molar refractivity (Wildman–Crippen MR) is 67.6 cm³/mol. The lowest BCUT2D eigenvalue weighted by molar-refractivity contribution is 0.199. The summed E-state index contributed by atoms with van der Waals surface area (Å²) in [6, 6.07) is 4.22. The molecule has 0 aromatic carbocycles. The summed E-state index contributed by atoms with van der Waals surface area (Å²) in [4.78, 5) is 6.49. The predicted octanol–water partition coefficient (Wildman–Crippen LogP) is 2.62. The maximum atomic E-state index is 9.53. The van der Waals surface area contributed by atoms with Gasteiger partial charge < -0.3 is 10.0 Å². The molecule has 1 unspecified atom stereocenters. The van der Waals surface area contributed by atoms with Crippen LogP contribution in [0, 0.1) is 5.92 Å². The van der Waals surface area contributed by atoms with Crippen LogP contribution in [0.1, 0.15) is 39.4 Å². The summed E-state index contributed by atoms with van der Waals surface area (Å²) in [5.41, 5.74) is 0.910. The standard InChI is InChI=1S/C13H22N2O/c1-9(2)10(3)15(5)13-8-12(11(4)16)6-7-14-13/h6-11,16H,1-5H3/t10?,11-/m1/s1. The fourth-order valence-corrected chi connectivity index (χ4v) is 1.54. The van der Waals surface area contributed by atoms with E-state index in [2.05, 4.69) is 30.7 Å². The van der Waals surface area contributed by atoms with Gasteiger partial charge in [0.25, 0.3) is 0 Å². The molecular weight excluding hydrogens is 200 g/mol. The number of anilines is 1. The lowest BCUT2D eigenvalue weighted by Crippen LogP contribution is -2.33. The van der Waals surface area contributed by atoms with E-state index in [-0.39, 0.29) is 0 Å². The van der Waals surface area contributed by atoms with Crippen LogP contribution in [-0.2, 0) is 0 Å². The number of hydrogen-bond donors (Lipinski definition) is 1. The summed E-state index contributed by atoms with van der Waals surface area (Å²) in [6.45, 7) is 8.34. The van der Waals surface area contributed by atoms with Gasteiger partial charge in [-0.05, 0) is 37.5 Å². The zero-order valence-corrected chi connectivity index (χ0v) is 10.8. The van der Waals surface area contributed by atoms with Gasteiger partial charge in [0.2, 0.25) is 0 Å². The summed E-state index contributed by atoms with van der Waals surface area (Å²) in [7, 11) is 2.04. The largest absolute Gasteiger partial charge is 0.389 e. The Morgan fingerprint density at radius 3 is 2.38 bits per heavy atom. The molecule has 1 heterocycles. The average Bonchev–Trinajstić information content (AvgIpc) is 2.27. The van der Waals surface area contributed by atoms with Crippen molar-refractivity contribution in [3.05, 3.63) is 23.9 Å². The molecule has 0 radical (unpaired) electrons. The van der Waals surface area contributed by atoms with E-state index < -0.39 is 6.10 Å². The van der Waals surface area contributed by atoms with Gasteiger partial charge in [0, 0.05) is 19.3 Å². The maximum absolute atomic E-state index is 9.53. The van der Waals surface area contributed by atoms with Gasteiger partial charge in [-0.2, -0.15) is 0 Å². The highest BCUT2D eigenvalue weighted by molar-refractivity contribution is 5.41. The highest BCUT2D eigenvalue weighted by atomic mass is 16.3. The summed E-state index contributed by atoms with van der Waals surface area (Å²) in [5, 5.41) is 9.53. The number of pyridine rings is 1. The molecule has 0 amide bonds. The fraction of sp³-hybridized carbons (Fsp3) is 0.615. The molecule has 0 spiro atoms. The monoisotopic (exact) mass is 222 g/mol. The summed E-state index contributed by atoms with van der Waals surface area (Å²) < 4.78 is 0. The second kappa shape index (κ2) is 5.30. The molecule has 0 fully saturated rings. The van der Waals surface area contributed by atoms with Crippen LogP contribution in [0.5, 0.6) is 0 Å². The van der Waals surface area contributed by atoms with Crippen molar-refractivity contribution in [1.29, 1.82) is 0 Å². The first-order valence-electron chi connectivity index (χ1n) is 5.80. The number of hydrogen-bond acceptors (Lipinski definition) is 3. The van der Waals surface area contributed by atoms with Gasteiger partial charge >= 0.3 is 0 Å². The SMILES string of the molecule is CC(C)C(C)N(C)c1cc([C@@H](C)O)ccn1. The van der Waals surface area contributed by atoms with Crippen LogP contribution in [0.3, 0.4) is 0 Å². The number of aliphatic hydroxyl groups excluding tert-OH is 1. The van der Waals surface area contributed by atoms with E-state index >= 15 is 0 Å². The molecule has 1 N–H and O–H groups in total. The van der Waals surface area contributed by atoms with E-state index in [0.29, 0.717) is 12.0 Å². The Kier molecular flexibility index (Phi) is 4.30. The molecule has 3 heteroatoms. The first-order valence-corrected chi connectivity index (χ1v) is 5.80. The van der Waals surface area contributed by atoms with Crippen molar-refractivity contribution in [3.63, 3.8) is 0 Å². The zero-order valence-electron chi connectivity index (χ0n) is 10.8. The Labute approximate surface area is 98.1 Å². The molecule has 0 aliphatic rings. The van der Waals surface area contributed by atoms with E-state index in [1.54, 1.807) is 13.1 Å². The van der Waals surface area contributed by atoms with Crippen LogP contribution in [0.15, 0.2) is 18.3 Å². The Balaban J connectivity index is 2.91. The molecule has 1 aromatic rings. The van der Waals surface area contributed by atoms with E-state index in [1.165, 1.54) is 0 Å². The number of aliphatic hydroxyl groups is 1. The molecule has 0 bridgehead atoms. The molecule has 0 aliphatic heterocycles. The quantitative estimate of drug-likeness (QED) is 0.850. The Morgan fingerprint density at radius 1 is 1.25 bits per heavy atom. The fourth-order valence-electron chi connectivity index (χ4n) is 1.54. The minimum absolute atomic E-state index is 0.428. The van der Waals surface area contributed by atoms with Crippen molar-refractivity contribution in [2.24, 2.45) is 5.92 Å². The molecule has 0 aliphatic carbocycles. The van der Waals surface area contributed by atoms with Crippen molar-refractivity contribution < 1.29 is 5.11 Å². The van der Waals surface area contributed by atoms with Crippen molar-refractivity contribution in [1.82, 2.24) is 4.98 Å². The summed E-state index contributed by atoms with van der Waals surface area (Å²) in [6.07, 6.45) is 1.31. The maximum Gasteiger partial charge on any atom is 0.128 e. The van der Waals surface area contributed by atoms with E-state index in [0.717, 1.165) is 11.4 Å². The third-order valence-corrected chi connectivity index (χ3v) is 3.19. The van der Waals surface area contributed by atoms with Crippen LogP contribution in [0.2, 0.25) is 0 Å². The van der Waals surface area contributed by atoms with Gasteiger partial charge in [-0.1, -0.05) is 13.8 Å².